The first-order valence-electron chi connectivity index (χ1n) is 8.01. The molecule has 4 nitrogen and oxygen atoms in total. The topological polar surface area (TPSA) is 48.4 Å². The number of fused-ring (bicyclic) bond motifs is 1. The molecule has 0 unspecified atom stereocenters. The van der Waals surface area contributed by atoms with E-state index in [1.165, 1.54) is 0 Å². The van der Waals surface area contributed by atoms with Crippen LogP contribution in [0, 0.1) is 0 Å². The lowest BCUT2D eigenvalue weighted by Crippen LogP contribution is -2.11. The van der Waals surface area contributed by atoms with Crippen molar-refractivity contribution in [1.82, 2.24) is 4.98 Å². The van der Waals surface area contributed by atoms with Gasteiger partial charge in [-0.25, -0.2) is 0 Å². The van der Waals surface area contributed by atoms with E-state index in [1.807, 2.05) is 55.5 Å². The lowest BCUT2D eigenvalue weighted by atomic mass is 10.1. The first-order valence-corrected chi connectivity index (χ1v) is 8.01. The van der Waals surface area contributed by atoms with Crippen molar-refractivity contribution in [2.24, 2.45) is 0 Å². The Bertz CT molecular complexity index is 840. The Hall–Kier alpha value is -2.88. The maximum atomic E-state index is 11.9. The molecule has 0 atom stereocenters. The molecule has 0 saturated heterocycles. The van der Waals surface area contributed by atoms with Gasteiger partial charge < -0.3 is 9.47 Å². The third-order valence-corrected chi connectivity index (χ3v) is 3.70. The van der Waals surface area contributed by atoms with E-state index in [0.717, 1.165) is 16.7 Å². The monoisotopic (exact) mass is 321 g/mol. The van der Waals surface area contributed by atoms with Crippen LogP contribution in [-0.4, -0.2) is 24.0 Å². The molecule has 1 aromatic heterocycles. The molecule has 0 saturated carbocycles. The van der Waals surface area contributed by atoms with E-state index in [2.05, 4.69) is 4.98 Å². The fourth-order valence-corrected chi connectivity index (χ4v) is 2.51. The average Bonchev–Trinajstić information content (AvgIpc) is 2.65. The van der Waals surface area contributed by atoms with Gasteiger partial charge in [0.05, 0.1) is 5.56 Å². The van der Waals surface area contributed by atoms with Gasteiger partial charge in [-0.1, -0.05) is 37.3 Å². The number of rotatable bonds is 7. The second kappa shape index (κ2) is 7.59. The Morgan fingerprint density at radius 1 is 0.917 bits per heavy atom. The van der Waals surface area contributed by atoms with Crippen LogP contribution < -0.4 is 9.47 Å². The zero-order chi connectivity index (χ0) is 16.8. The van der Waals surface area contributed by atoms with Crippen molar-refractivity contribution in [3.8, 4) is 11.5 Å². The van der Waals surface area contributed by atoms with Crippen LogP contribution in [0.2, 0.25) is 0 Å². The molecular formula is C20H19NO3. The first-order chi connectivity index (χ1) is 11.8. The number of para-hydroxylation sites is 2. The number of benzene rings is 2. The number of ketones is 1. The van der Waals surface area contributed by atoms with Crippen LogP contribution >= 0.6 is 0 Å². The second-order valence-corrected chi connectivity index (χ2v) is 5.30. The number of nitrogens with zero attached hydrogens (tertiary/aromatic N) is 1. The van der Waals surface area contributed by atoms with E-state index >= 15 is 0 Å². The lowest BCUT2D eigenvalue weighted by Gasteiger charge is -2.12. The standard InChI is InChI=1S/C20H19NO3/c1-2-17(22)16-9-3-4-10-18(16)23-13-14-24-19-11-5-7-15-8-6-12-21-20(15)19/h3-12H,2,13-14H2,1H3. The highest BCUT2D eigenvalue weighted by atomic mass is 16.5. The van der Waals surface area contributed by atoms with Gasteiger partial charge in [0.2, 0.25) is 0 Å². The summed E-state index contributed by atoms with van der Waals surface area (Å²) in [5, 5.41) is 1.04. The predicted molar refractivity (Wildman–Crippen MR) is 93.8 cm³/mol. The van der Waals surface area contributed by atoms with Crippen molar-refractivity contribution in [2.45, 2.75) is 13.3 Å². The highest BCUT2D eigenvalue weighted by molar-refractivity contribution is 5.98. The van der Waals surface area contributed by atoms with Crippen LogP contribution in [0.15, 0.2) is 60.8 Å². The number of ether oxygens (including phenoxy) is 2. The molecular weight excluding hydrogens is 302 g/mol. The number of pyridine rings is 1. The Balaban J connectivity index is 1.62. The summed E-state index contributed by atoms with van der Waals surface area (Å²) in [4.78, 5) is 16.3. The summed E-state index contributed by atoms with van der Waals surface area (Å²) in [5.74, 6) is 1.41. The number of carbonyl (C=O) groups is 1. The molecule has 0 amide bonds. The summed E-state index contributed by atoms with van der Waals surface area (Å²) < 4.78 is 11.5. The highest BCUT2D eigenvalue weighted by Crippen LogP contribution is 2.23. The van der Waals surface area contributed by atoms with Gasteiger partial charge in [0.15, 0.2) is 5.78 Å². The van der Waals surface area contributed by atoms with Gasteiger partial charge >= 0.3 is 0 Å². The minimum Gasteiger partial charge on any atom is -0.489 e. The van der Waals surface area contributed by atoms with E-state index in [4.69, 9.17) is 9.47 Å². The van der Waals surface area contributed by atoms with Gasteiger partial charge in [-0.3, -0.25) is 9.78 Å². The Kier molecular flexibility index (Phi) is 5.06. The molecule has 24 heavy (non-hydrogen) atoms. The molecule has 0 N–H and O–H groups in total. The fraction of sp³-hybridized carbons (Fsp3) is 0.200. The van der Waals surface area contributed by atoms with Crippen LogP contribution in [0.3, 0.4) is 0 Å². The van der Waals surface area contributed by atoms with Gasteiger partial charge in [0.25, 0.3) is 0 Å². The minimum absolute atomic E-state index is 0.0739. The van der Waals surface area contributed by atoms with Gasteiger partial charge in [-0.15, -0.1) is 0 Å². The molecule has 122 valence electrons. The van der Waals surface area contributed by atoms with Crippen molar-refractivity contribution >= 4 is 16.7 Å². The van der Waals surface area contributed by atoms with Gasteiger partial charge in [-0.2, -0.15) is 0 Å². The normalized spacial score (nSPS) is 10.5. The Morgan fingerprint density at radius 3 is 2.46 bits per heavy atom. The van der Waals surface area contributed by atoms with E-state index in [-0.39, 0.29) is 5.78 Å². The maximum Gasteiger partial charge on any atom is 0.166 e. The average molecular weight is 321 g/mol. The summed E-state index contributed by atoms with van der Waals surface area (Å²) in [6.45, 7) is 2.58. The molecule has 0 radical (unpaired) electrons. The molecule has 0 bridgehead atoms. The molecule has 3 rings (SSSR count). The van der Waals surface area contributed by atoms with Gasteiger partial charge in [0, 0.05) is 18.0 Å². The van der Waals surface area contributed by atoms with Crippen molar-refractivity contribution < 1.29 is 14.3 Å². The predicted octanol–water partition coefficient (Wildman–Crippen LogP) is 4.29. The van der Waals surface area contributed by atoms with Crippen molar-refractivity contribution in [3.05, 3.63) is 66.4 Å². The van der Waals surface area contributed by atoms with Crippen LogP contribution in [-0.2, 0) is 0 Å². The zero-order valence-corrected chi connectivity index (χ0v) is 13.6. The number of aromatic nitrogens is 1. The SMILES string of the molecule is CCC(=O)c1ccccc1OCCOc1cccc2cccnc12. The zero-order valence-electron chi connectivity index (χ0n) is 13.6. The molecule has 0 aliphatic carbocycles. The third kappa shape index (κ3) is 3.54. The second-order valence-electron chi connectivity index (χ2n) is 5.30. The summed E-state index contributed by atoms with van der Waals surface area (Å²) >= 11 is 0. The van der Waals surface area contributed by atoms with Crippen LogP contribution in [0.5, 0.6) is 11.5 Å². The number of hydrogen-bond donors (Lipinski definition) is 0. The van der Waals surface area contributed by atoms with E-state index in [1.54, 1.807) is 12.3 Å². The van der Waals surface area contributed by atoms with Crippen molar-refractivity contribution in [1.29, 1.82) is 0 Å². The number of hydrogen-bond acceptors (Lipinski definition) is 4. The largest absolute Gasteiger partial charge is 0.489 e. The van der Waals surface area contributed by atoms with Gasteiger partial charge in [0.1, 0.15) is 30.2 Å². The van der Waals surface area contributed by atoms with Crippen LogP contribution in [0.4, 0.5) is 0 Å². The summed E-state index contributed by atoms with van der Waals surface area (Å²) in [7, 11) is 0. The van der Waals surface area contributed by atoms with Crippen LogP contribution in [0.25, 0.3) is 10.9 Å². The molecule has 0 aliphatic rings. The fourth-order valence-electron chi connectivity index (χ4n) is 2.51. The van der Waals surface area contributed by atoms with E-state index in [0.29, 0.717) is 30.9 Å². The van der Waals surface area contributed by atoms with E-state index < -0.39 is 0 Å². The number of carbonyl (C=O) groups excluding carboxylic acids is 1. The molecule has 2 aromatic carbocycles. The molecule has 0 fully saturated rings. The Morgan fingerprint density at radius 2 is 1.62 bits per heavy atom. The van der Waals surface area contributed by atoms with Crippen molar-refractivity contribution in [3.63, 3.8) is 0 Å². The maximum absolute atomic E-state index is 11.9. The smallest absolute Gasteiger partial charge is 0.166 e. The third-order valence-electron chi connectivity index (χ3n) is 3.70. The van der Waals surface area contributed by atoms with Gasteiger partial charge in [-0.05, 0) is 24.3 Å². The molecule has 0 aliphatic heterocycles. The van der Waals surface area contributed by atoms with Crippen molar-refractivity contribution in [2.75, 3.05) is 13.2 Å². The molecule has 1 heterocycles. The number of Topliss-reactive ketones (excluding diaryl/α,β-unsaturated/α-hetero) is 1. The van der Waals surface area contributed by atoms with Crippen LogP contribution in [0.1, 0.15) is 23.7 Å². The minimum atomic E-state index is 0.0739. The Labute approximate surface area is 141 Å². The quantitative estimate of drug-likeness (QED) is 0.481. The van der Waals surface area contributed by atoms with E-state index in [9.17, 15) is 4.79 Å². The lowest BCUT2D eigenvalue weighted by molar-refractivity contribution is 0.0983. The molecule has 4 heteroatoms. The summed E-state index contributed by atoms with van der Waals surface area (Å²) in [5.41, 5.74) is 1.45. The summed E-state index contributed by atoms with van der Waals surface area (Å²) in [6, 6.07) is 17.0. The molecule has 0 spiro atoms. The summed E-state index contributed by atoms with van der Waals surface area (Å²) in [6.07, 6.45) is 2.21. The molecule has 3 aromatic rings. The highest BCUT2D eigenvalue weighted by Gasteiger charge is 2.10. The first kappa shape index (κ1) is 16.0.